The van der Waals surface area contributed by atoms with E-state index in [0.29, 0.717) is 0 Å². The Bertz CT molecular complexity index is 4580. The van der Waals surface area contributed by atoms with Crippen molar-refractivity contribution >= 4 is 97.0 Å². The van der Waals surface area contributed by atoms with Crippen molar-refractivity contribution in [3.63, 3.8) is 0 Å². The van der Waals surface area contributed by atoms with Crippen molar-refractivity contribution in [1.82, 2.24) is 9.97 Å². The zero-order valence-corrected chi connectivity index (χ0v) is 35.5. The minimum absolute atomic E-state index is 1.08. The molecule has 12 aromatic carbocycles. The van der Waals surface area contributed by atoms with Crippen LogP contribution in [0.1, 0.15) is 0 Å². The van der Waals surface area contributed by atoms with Crippen LogP contribution >= 0.6 is 0 Å². The lowest BCUT2D eigenvalue weighted by Crippen LogP contribution is -1.92. The van der Waals surface area contributed by atoms with Crippen molar-refractivity contribution in [2.75, 3.05) is 0 Å². The highest BCUT2D eigenvalue weighted by Crippen LogP contribution is 2.53. The Labute approximate surface area is 378 Å². The third-order valence-corrected chi connectivity index (χ3v) is 15.2. The molecule has 0 N–H and O–H groups in total. The first-order valence-electron chi connectivity index (χ1n) is 22.9. The highest BCUT2D eigenvalue weighted by Gasteiger charge is 2.27. The number of aromatic nitrogens is 2. The quantitative estimate of drug-likeness (QED) is 0.162. The fourth-order valence-corrected chi connectivity index (χ4v) is 12.5. The van der Waals surface area contributed by atoms with Crippen LogP contribution in [-0.4, -0.2) is 9.97 Å². The van der Waals surface area contributed by atoms with E-state index in [1.54, 1.807) is 0 Å². The molecule has 2 aromatic heterocycles. The third-order valence-electron chi connectivity index (χ3n) is 15.2. The molecule has 0 saturated carbocycles. The number of benzene rings is 12. The van der Waals surface area contributed by atoms with Crippen molar-refractivity contribution < 1.29 is 0 Å². The summed E-state index contributed by atoms with van der Waals surface area (Å²) in [6.45, 7) is 0. The van der Waals surface area contributed by atoms with Crippen molar-refractivity contribution in [2.24, 2.45) is 0 Å². The van der Waals surface area contributed by atoms with Crippen LogP contribution in [0.3, 0.4) is 0 Å². The predicted molar refractivity (Wildman–Crippen MR) is 279 cm³/mol. The fourth-order valence-electron chi connectivity index (χ4n) is 12.5. The summed E-state index contributed by atoms with van der Waals surface area (Å²) in [4.78, 5) is 9.83. The summed E-state index contributed by atoms with van der Waals surface area (Å²) >= 11 is 0. The molecule has 2 heteroatoms. The predicted octanol–water partition coefficient (Wildman–Crippen LogP) is 17.5. The summed E-state index contributed by atoms with van der Waals surface area (Å²) < 4.78 is 0. The highest BCUT2D eigenvalue weighted by molar-refractivity contribution is 6.32. The molecule has 16 rings (SSSR count). The second-order valence-electron chi connectivity index (χ2n) is 18.3. The second-order valence-corrected chi connectivity index (χ2v) is 18.3. The number of hydrogen-bond donors (Lipinski definition) is 0. The van der Waals surface area contributed by atoms with Gasteiger partial charge in [-0.3, -0.25) is 9.97 Å². The Balaban J connectivity index is 0.967. The van der Waals surface area contributed by atoms with Crippen molar-refractivity contribution in [2.45, 2.75) is 0 Å². The standard InChI is InChI=1S/C64H34N2/c1-2-13-36-35(12-1)51(41-18-7-19-42-43(41)26-27-44-45-20-8-21-46-49-24-10-28-65-63(49)59(61(45)46)33-52(42)44)30-53-37-14-3-4-15-38(37)55(31-54(36)53)56-32-58-48-23-9-22-47-50-25-11-29-66-64(50)60(62(47)48)34-57(58)40-17-6-5-16-39(40)56/h1-34H. The first-order valence-corrected chi connectivity index (χ1v) is 22.9. The number of hydrogen-bond acceptors (Lipinski definition) is 2. The first kappa shape index (κ1) is 34.7. The van der Waals surface area contributed by atoms with Gasteiger partial charge in [0, 0.05) is 34.6 Å². The number of pyridine rings is 2. The van der Waals surface area contributed by atoms with E-state index in [1.165, 1.54) is 153 Å². The summed E-state index contributed by atoms with van der Waals surface area (Å²) in [7, 11) is 0. The highest BCUT2D eigenvalue weighted by atomic mass is 14.7. The molecule has 0 saturated heterocycles. The van der Waals surface area contributed by atoms with Crippen molar-refractivity contribution in [3.05, 3.63) is 207 Å². The van der Waals surface area contributed by atoms with Crippen molar-refractivity contribution in [3.8, 4) is 67.0 Å². The normalized spacial score (nSPS) is 12.5. The van der Waals surface area contributed by atoms with E-state index in [4.69, 9.17) is 9.97 Å². The molecular weight excluding hydrogens is 797 g/mol. The molecule has 0 atom stereocenters. The summed E-state index contributed by atoms with van der Waals surface area (Å²) in [6, 6.07) is 73.0. The zero-order valence-electron chi connectivity index (χ0n) is 35.5. The van der Waals surface area contributed by atoms with E-state index in [9.17, 15) is 0 Å². The summed E-state index contributed by atoms with van der Waals surface area (Å²) in [5.74, 6) is 0. The van der Waals surface area contributed by atoms with Crippen LogP contribution in [0.2, 0.25) is 0 Å². The van der Waals surface area contributed by atoms with Crippen LogP contribution in [-0.2, 0) is 0 Å². The van der Waals surface area contributed by atoms with E-state index in [-0.39, 0.29) is 0 Å². The average molecular weight is 831 g/mol. The van der Waals surface area contributed by atoms with Gasteiger partial charge < -0.3 is 0 Å². The van der Waals surface area contributed by atoms with E-state index >= 15 is 0 Å². The maximum absolute atomic E-state index is 4.92. The molecule has 0 aliphatic heterocycles. The SMILES string of the molecule is c1cnc2c(c1)-c1cccc3c1c-2cc1c2cccc(-c4cc5c6ccccc6c(-c6cc7c8cccc9c8c(cc7c7ccccc67)-c6ncccc6-9)cc5c5ccccc45)c2ccc31. The number of fused-ring (bicyclic) bond motifs is 19. The van der Waals surface area contributed by atoms with Gasteiger partial charge in [0.05, 0.1) is 11.4 Å². The van der Waals surface area contributed by atoms with Gasteiger partial charge in [0.1, 0.15) is 0 Å². The summed E-state index contributed by atoms with van der Waals surface area (Å²) in [5.41, 5.74) is 14.6. The topological polar surface area (TPSA) is 25.8 Å². The lowest BCUT2D eigenvalue weighted by molar-refractivity contribution is 1.35. The molecule has 0 fully saturated rings. The van der Waals surface area contributed by atoms with Gasteiger partial charge in [0.25, 0.3) is 0 Å². The number of rotatable bonds is 2. The zero-order chi connectivity index (χ0) is 42.8. The number of nitrogens with zero attached hydrogens (tertiary/aromatic N) is 2. The largest absolute Gasteiger partial charge is 0.256 e. The minimum Gasteiger partial charge on any atom is -0.256 e. The third kappa shape index (κ3) is 4.36. The van der Waals surface area contributed by atoms with Crippen LogP contribution in [0.5, 0.6) is 0 Å². The maximum Gasteiger partial charge on any atom is 0.0787 e. The molecule has 2 aliphatic rings. The summed E-state index contributed by atoms with van der Waals surface area (Å²) in [5, 5.41) is 22.8. The lowest BCUT2D eigenvalue weighted by atomic mass is 9.84. The van der Waals surface area contributed by atoms with Crippen molar-refractivity contribution in [1.29, 1.82) is 0 Å². The van der Waals surface area contributed by atoms with Crippen LogP contribution in [0.4, 0.5) is 0 Å². The molecule has 0 spiro atoms. The second kappa shape index (κ2) is 12.5. The Kier molecular flexibility index (Phi) is 6.58. The van der Waals surface area contributed by atoms with Gasteiger partial charge in [-0.1, -0.05) is 152 Å². The molecule has 300 valence electrons. The average Bonchev–Trinajstić information content (AvgIpc) is 3.89. The Morgan fingerprint density at radius 3 is 0.985 bits per heavy atom. The van der Waals surface area contributed by atoms with E-state index in [2.05, 4.69) is 194 Å². The molecule has 0 unspecified atom stereocenters. The fraction of sp³-hybridized carbons (Fsp3) is 0. The molecule has 66 heavy (non-hydrogen) atoms. The van der Waals surface area contributed by atoms with Crippen LogP contribution < -0.4 is 0 Å². The van der Waals surface area contributed by atoms with Gasteiger partial charge in [0.2, 0.25) is 0 Å². The van der Waals surface area contributed by atoms with Gasteiger partial charge in [-0.15, -0.1) is 0 Å². The maximum atomic E-state index is 4.92. The van der Waals surface area contributed by atoms with E-state index in [1.807, 2.05) is 12.4 Å². The van der Waals surface area contributed by atoms with Gasteiger partial charge in [-0.2, -0.15) is 0 Å². The van der Waals surface area contributed by atoms with Gasteiger partial charge >= 0.3 is 0 Å². The molecule has 14 aromatic rings. The molecular formula is C64H34N2. The van der Waals surface area contributed by atoms with Crippen LogP contribution in [0.25, 0.3) is 164 Å². The van der Waals surface area contributed by atoms with Gasteiger partial charge in [-0.25, -0.2) is 0 Å². The van der Waals surface area contributed by atoms with Crippen LogP contribution in [0, 0.1) is 0 Å². The van der Waals surface area contributed by atoms with Crippen LogP contribution in [0.15, 0.2) is 207 Å². The smallest absolute Gasteiger partial charge is 0.0787 e. The van der Waals surface area contributed by atoms with Gasteiger partial charge in [0.15, 0.2) is 0 Å². The Morgan fingerprint density at radius 1 is 0.182 bits per heavy atom. The Morgan fingerprint density at radius 2 is 0.485 bits per heavy atom. The first-order chi connectivity index (χ1) is 32.8. The molecule has 0 bridgehead atoms. The lowest BCUT2D eigenvalue weighted by Gasteiger charge is -2.19. The van der Waals surface area contributed by atoms with Gasteiger partial charge in [-0.05, 0) is 173 Å². The Hall–Kier alpha value is -8.72. The molecule has 2 heterocycles. The monoisotopic (exact) mass is 830 g/mol. The minimum atomic E-state index is 1.08. The van der Waals surface area contributed by atoms with E-state index in [0.717, 1.165) is 11.4 Å². The van der Waals surface area contributed by atoms with E-state index < -0.39 is 0 Å². The summed E-state index contributed by atoms with van der Waals surface area (Å²) in [6.07, 6.45) is 3.85. The molecule has 2 aliphatic carbocycles. The molecule has 0 radical (unpaired) electrons. The molecule has 0 amide bonds. The molecule has 2 nitrogen and oxygen atoms in total.